The predicted molar refractivity (Wildman–Crippen MR) is 111 cm³/mol. The molecule has 0 spiro atoms. The lowest BCUT2D eigenvalue weighted by atomic mass is 9.95. The highest BCUT2D eigenvalue weighted by Crippen LogP contribution is 2.32. The van der Waals surface area contributed by atoms with Gasteiger partial charge in [0.1, 0.15) is 5.58 Å². The summed E-state index contributed by atoms with van der Waals surface area (Å²) in [6.45, 7) is 6.27. The molecule has 0 radical (unpaired) electrons. The van der Waals surface area contributed by atoms with Gasteiger partial charge in [0.25, 0.3) is 0 Å². The minimum absolute atomic E-state index is 0.228. The Labute approximate surface area is 165 Å². The first-order chi connectivity index (χ1) is 13.6. The zero-order valence-electron chi connectivity index (χ0n) is 16.4. The predicted octanol–water partition coefficient (Wildman–Crippen LogP) is 4.67. The smallest absolute Gasteiger partial charge is 0.339 e. The molecule has 1 aromatic heterocycles. The quantitative estimate of drug-likeness (QED) is 0.625. The molecule has 142 valence electrons. The lowest BCUT2D eigenvalue weighted by molar-refractivity contribution is 0.271. The maximum atomic E-state index is 12.7. The lowest BCUT2D eigenvalue weighted by Crippen LogP contribution is -2.30. The van der Waals surface area contributed by atoms with Crippen LogP contribution < -0.4 is 5.63 Å². The molecule has 0 saturated carbocycles. The van der Waals surface area contributed by atoms with Crippen molar-refractivity contribution in [3.8, 4) is 17.2 Å². The third-order valence-corrected chi connectivity index (χ3v) is 5.97. The Balaban J connectivity index is 1.77. The van der Waals surface area contributed by atoms with E-state index >= 15 is 0 Å². The van der Waals surface area contributed by atoms with Crippen LogP contribution in [-0.4, -0.2) is 24.0 Å². The molecule has 1 atom stereocenters. The monoisotopic (exact) mass is 372 g/mol. The summed E-state index contributed by atoms with van der Waals surface area (Å²) in [5.74, 6) is 0. The average Bonchev–Trinajstić information content (AvgIpc) is 3.12. The van der Waals surface area contributed by atoms with E-state index in [1.807, 2.05) is 49.4 Å². The molecule has 0 N–H and O–H groups in total. The van der Waals surface area contributed by atoms with E-state index in [0.717, 1.165) is 40.7 Å². The molecule has 4 nitrogen and oxygen atoms in total. The standard InChI is InChI=1S/C24H24N2O2/c1-16-5-4-13-26(16)14-12-20-17(2)23-21(6-3-7-22(23)28-24(20)27)19-10-8-18(15-25)9-11-19/h3,6-11,16H,4-5,12-14H2,1-2H3/t16-/m1/s1. The van der Waals surface area contributed by atoms with E-state index in [1.165, 1.54) is 12.8 Å². The normalized spacial score (nSPS) is 17.1. The van der Waals surface area contributed by atoms with E-state index in [4.69, 9.17) is 9.68 Å². The van der Waals surface area contributed by atoms with Gasteiger partial charge < -0.3 is 9.32 Å². The molecule has 4 heteroatoms. The summed E-state index contributed by atoms with van der Waals surface area (Å²) in [7, 11) is 0. The molecular formula is C24H24N2O2. The van der Waals surface area contributed by atoms with Gasteiger partial charge in [-0.25, -0.2) is 4.79 Å². The molecule has 1 fully saturated rings. The van der Waals surface area contributed by atoms with Crippen molar-refractivity contribution < 1.29 is 4.42 Å². The first-order valence-electron chi connectivity index (χ1n) is 9.88. The van der Waals surface area contributed by atoms with Crippen molar-refractivity contribution in [2.75, 3.05) is 13.1 Å². The number of fused-ring (bicyclic) bond motifs is 1. The molecule has 1 saturated heterocycles. The number of benzene rings is 2. The van der Waals surface area contributed by atoms with E-state index in [2.05, 4.69) is 17.9 Å². The Kier molecular flexibility index (Phi) is 5.02. The van der Waals surface area contributed by atoms with E-state index in [1.54, 1.807) is 0 Å². The minimum atomic E-state index is -0.228. The van der Waals surface area contributed by atoms with Crippen LogP contribution in [0.2, 0.25) is 0 Å². The summed E-state index contributed by atoms with van der Waals surface area (Å²) in [4.78, 5) is 15.1. The number of hydrogen-bond donors (Lipinski definition) is 0. The number of aryl methyl sites for hydroxylation is 1. The van der Waals surface area contributed by atoms with Crippen molar-refractivity contribution in [1.82, 2.24) is 4.90 Å². The van der Waals surface area contributed by atoms with Gasteiger partial charge in [-0.2, -0.15) is 5.26 Å². The van der Waals surface area contributed by atoms with Gasteiger partial charge in [-0.15, -0.1) is 0 Å². The first-order valence-corrected chi connectivity index (χ1v) is 9.88. The van der Waals surface area contributed by atoms with E-state index in [9.17, 15) is 4.79 Å². The fourth-order valence-electron chi connectivity index (χ4n) is 4.30. The Morgan fingerprint density at radius 1 is 1.21 bits per heavy atom. The molecule has 28 heavy (non-hydrogen) atoms. The average molecular weight is 372 g/mol. The van der Waals surface area contributed by atoms with Crippen LogP contribution in [0.5, 0.6) is 0 Å². The van der Waals surface area contributed by atoms with Crippen LogP contribution >= 0.6 is 0 Å². The molecule has 0 bridgehead atoms. The summed E-state index contributed by atoms with van der Waals surface area (Å²) in [6.07, 6.45) is 3.17. The summed E-state index contributed by atoms with van der Waals surface area (Å²) in [5, 5.41) is 10.0. The van der Waals surface area contributed by atoms with Gasteiger partial charge in [-0.3, -0.25) is 0 Å². The van der Waals surface area contributed by atoms with Crippen molar-refractivity contribution >= 4 is 11.0 Å². The maximum absolute atomic E-state index is 12.7. The van der Waals surface area contributed by atoms with Crippen molar-refractivity contribution in [1.29, 1.82) is 5.26 Å². The Hall–Kier alpha value is -2.90. The van der Waals surface area contributed by atoms with Crippen LogP contribution in [0.4, 0.5) is 0 Å². The topological polar surface area (TPSA) is 57.2 Å². The van der Waals surface area contributed by atoms with Gasteiger partial charge in [-0.05, 0) is 74.5 Å². The summed E-state index contributed by atoms with van der Waals surface area (Å²) >= 11 is 0. The van der Waals surface area contributed by atoms with Crippen molar-refractivity contribution in [3.05, 3.63) is 69.6 Å². The van der Waals surface area contributed by atoms with Crippen molar-refractivity contribution in [2.45, 2.75) is 39.2 Å². The van der Waals surface area contributed by atoms with Gasteiger partial charge in [0, 0.05) is 23.5 Å². The van der Waals surface area contributed by atoms with Gasteiger partial charge in [0.2, 0.25) is 0 Å². The van der Waals surface area contributed by atoms with Crippen LogP contribution in [0.25, 0.3) is 22.1 Å². The van der Waals surface area contributed by atoms with Gasteiger partial charge in [-0.1, -0.05) is 24.3 Å². The van der Waals surface area contributed by atoms with E-state index < -0.39 is 0 Å². The number of likely N-dealkylation sites (tertiary alicyclic amines) is 1. The second kappa shape index (κ2) is 7.61. The highest BCUT2D eigenvalue weighted by molar-refractivity contribution is 5.96. The SMILES string of the molecule is Cc1c(CCN2CCC[C@H]2C)c(=O)oc2cccc(-c3ccc(C#N)cc3)c12. The largest absolute Gasteiger partial charge is 0.422 e. The van der Waals surface area contributed by atoms with Crippen LogP contribution in [0, 0.1) is 18.3 Å². The zero-order valence-corrected chi connectivity index (χ0v) is 16.4. The van der Waals surface area contributed by atoms with Gasteiger partial charge >= 0.3 is 5.63 Å². The number of hydrogen-bond acceptors (Lipinski definition) is 4. The second-order valence-electron chi connectivity index (χ2n) is 7.64. The molecular weight excluding hydrogens is 348 g/mol. The van der Waals surface area contributed by atoms with E-state index in [-0.39, 0.29) is 5.63 Å². The summed E-state index contributed by atoms with van der Waals surface area (Å²) < 4.78 is 5.70. The van der Waals surface area contributed by atoms with Crippen LogP contribution in [0.15, 0.2) is 51.7 Å². The highest BCUT2D eigenvalue weighted by Gasteiger charge is 2.21. The summed E-state index contributed by atoms with van der Waals surface area (Å²) in [5.41, 5.74) is 4.83. The molecule has 1 aliphatic rings. The molecule has 0 aliphatic carbocycles. The zero-order chi connectivity index (χ0) is 19.7. The van der Waals surface area contributed by atoms with Crippen molar-refractivity contribution in [3.63, 3.8) is 0 Å². The van der Waals surface area contributed by atoms with Crippen LogP contribution in [0.3, 0.4) is 0 Å². The maximum Gasteiger partial charge on any atom is 0.339 e. The number of rotatable bonds is 4. The molecule has 4 rings (SSSR count). The minimum Gasteiger partial charge on any atom is -0.422 e. The molecule has 2 aromatic carbocycles. The van der Waals surface area contributed by atoms with E-state index in [0.29, 0.717) is 23.6 Å². The summed E-state index contributed by atoms with van der Waals surface area (Å²) in [6, 6.07) is 16.1. The van der Waals surface area contributed by atoms with Gasteiger partial charge in [0.15, 0.2) is 0 Å². The Morgan fingerprint density at radius 3 is 2.68 bits per heavy atom. The molecule has 0 amide bonds. The van der Waals surface area contributed by atoms with Crippen LogP contribution in [-0.2, 0) is 6.42 Å². The van der Waals surface area contributed by atoms with Crippen molar-refractivity contribution in [2.24, 2.45) is 0 Å². The van der Waals surface area contributed by atoms with Gasteiger partial charge in [0.05, 0.1) is 11.6 Å². The number of nitriles is 1. The third-order valence-electron chi connectivity index (χ3n) is 5.97. The third kappa shape index (κ3) is 3.34. The Morgan fingerprint density at radius 2 is 2.00 bits per heavy atom. The molecule has 2 heterocycles. The molecule has 1 aliphatic heterocycles. The second-order valence-corrected chi connectivity index (χ2v) is 7.64. The van der Waals surface area contributed by atoms with Crippen LogP contribution in [0.1, 0.15) is 36.5 Å². The highest BCUT2D eigenvalue weighted by atomic mass is 16.4. The fraction of sp³-hybridized carbons (Fsp3) is 0.333. The number of nitrogens with zero attached hydrogens (tertiary/aromatic N) is 2. The lowest BCUT2D eigenvalue weighted by Gasteiger charge is -2.21. The fourth-order valence-corrected chi connectivity index (χ4v) is 4.30. The Bertz CT molecular complexity index is 1110. The first kappa shape index (κ1) is 18.5. The molecule has 0 unspecified atom stereocenters. The molecule has 3 aromatic rings.